The summed E-state index contributed by atoms with van der Waals surface area (Å²) in [5, 5.41) is 10.1. The van der Waals surface area contributed by atoms with Gasteiger partial charge in [0, 0.05) is 5.39 Å². The molecule has 0 atom stereocenters. The van der Waals surface area contributed by atoms with Gasteiger partial charge < -0.3 is 5.11 Å². The minimum Gasteiger partial charge on any atom is -0.475 e. The van der Waals surface area contributed by atoms with Crippen molar-refractivity contribution in [1.82, 2.24) is 9.97 Å². The highest BCUT2D eigenvalue weighted by atomic mass is 35.5. The topological polar surface area (TPSA) is 63.1 Å². The summed E-state index contributed by atoms with van der Waals surface area (Å²) >= 11 is 5.98. The number of fused-ring (bicyclic) bond motifs is 1. The van der Waals surface area contributed by atoms with Crippen molar-refractivity contribution in [3.05, 3.63) is 34.7 Å². The second-order valence-corrected chi connectivity index (χ2v) is 3.70. The van der Waals surface area contributed by atoms with Crippen LogP contribution in [-0.4, -0.2) is 21.0 Å². The number of hydrogen-bond acceptors (Lipinski definition) is 3. The summed E-state index contributed by atoms with van der Waals surface area (Å²) in [4.78, 5) is 18.8. The highest BCUT2D eigenvalue weighted by Gasteiger charge is 2.13. The second-order valence-electron chi connectivity index (χ2n) is 3.29. The van der Waals surface area contributed by atoms with Gasteiger partial charge in [0.15, 0.2) is 0 Å². The molecule has 0 saturated heterocycles. The van der Waals surface area contributed by atoms with Crippen LogP contribution in [-0.2, 0) is 6.42 Å². The number of carboxylic acid groups (broad SMARTS) is 1. The molecule has 0 bridgehead atoms. The predicted octanol–water partition coefficient (Wildman–Crippen LogP) is 2.54. The molecule has 4 nitrogen and oxygen atoms in total. The Labute approximate surface area is 96.9 Å². The van der Waals surface area contributed by atoms with Gasteiger partial charge in [-0.1, -0.05) is 30.7 Å². The number of benzene rings is 1. The highest BCUT2D eigenvalue weighted by molar-refractivity contribution is 6.35. The van der Waals surface area contributed by atoms with Gasteiger partial charge in [0.25, 0.3) is 0 Å². The second kappa shape index (κ2) is 4.06. The fraction of sp³-hybridized carbons (Fsp3) is 0.182. The van der Waals surface area contributed by atoms with Gasteiger partial charge in [-0.2, -0.15) is 0 Å². The van der Waals surface area contributed by atoms with E-state index >= 15 is 0 Å². The molecule has 0 aliphatic rings. The van der Waals surface area contributed by atoms with Crippen molar-refractivity contribution in [2.45, 2.75) is 13.3 Å². The van der Waals surface area contributed by atoms with E-state index in [0.29, 0.717) is 22.7 Å². The maximum Gasteiger partial charge on any atom is 0.373 e. The molecular formula is C11H9ClN2O2. The van der Waals surface area contributed by atoms with Gasteiger partial charge >= 0.3 is 5.97 Å². The molecular weight excluding hydrogens is 228 g/mol. The van der Waals surface area contributed by atoms with E-state index in [4.69, 9.17) is 16.7 Å². The number of rotatable bonds is 2. The largest absolute Gasteiger partial charge is 0.475 e. The Hall–Kier alpha value is -1.68. The average Bonchev–Trinajstić information content (AvgIpc) is 2.28. The van der Waals surface area contributed by atoms with Crippen LogP contribution in [0.3, 0.4) is 0 Å². The molecule has 82 valence electrons. The molecule has 0 radical (unpaired) electrons. The van der Waals surface area contributed by atoms with Crippen LogP contribution in [0.15, 0.2) is 18.2 Å². The van der Waals surface area contributed by atoms with Crippen LogP contribution in [0.1, 0.15) is 23.2 Å². The first-order valence-corrected chi connectivity index (χ1v) is 5.19. The summed E-state index contributed by atoms with van der Waals surface area (Å²) in [6, 6.07) is 5.32. The van der Waals surface area contributed by atoms with Crippen molar-refractivity contribution in [2.75, 3.05) is 0 Å². The van der Waals surface area contributed by atoms with Crippen molar-refractivity contribution < 1.29 is 9.90 Å². The SMILES string of the molecule is CCc1nc(C(=O)O)nc2c(Cl)cccc12. The molecule has 2 rings (SSSR count). The zero-order valence-corrected chi connectivity index (χ0v) is 9.32. The fourth-order valence-electron chi connectivity index (χ4n) is 1.55. The zero-order valence-electron chi connectivity index (χ0n) is 8.57. The third-order valence-corrected chi connectivity index (χ3v) is 2.59. The van der Waals surface area contributed by atoms with Crippen LogP contribution in [0.25, 0.3) is 10.9 Å². The Bertz CT molecular complexity index is 569. The highest BCUT2D eigenvalue weighted by Crippen LogP contribution is 2.23. The Morgan fingerprint density at radius 3 is 2.81 bits per heavy atom. The third kappa shape index (κ3) is 1.72. The van der Waals surface area contributed by atoms with Crippen molar-refractivity contribution in [2.24, 2.45) is 0 Å². The van der Waals surface area contributed by atoms with E-state index in [1.54, 1.807) is 12.1 Å². The van der Waals surface area contributed by atoms with Crippen LogP contribution in [0.2, 0.25) is 5.02 Å². The van der Waals surface area contributed by atoms with Gasteiger partial charge in [-0.15, -0.1) is 0 Å². The smallest absolute Gasteiger partial charge is 0.373 e. The third-order valence-electron chi connectivity index (χ3n) is 2.28. The standard InChI is InChI=1S/C11H9ClN2O2/c1-2-8-6-4-3-5-7(12)9(6)14-10(13-8)11(15)16/h3-5H,2H2,1H3,(H,15,16). The molecule has 1 aromatic heterocycles. The predicted molar refractivity (Wildman–Crippen MR) is 60.9 cm³/mol. The zero-order chi connectivity index (χ0) is 11.7. The van der Waals surface area contributed by atoms with Gasteiger partial charge in [0.05, 0.1) is 16.2 Å². The molecule has 0 saturated carbocycles. The Kier molecular flexibility index (Phi) is 2.75. The first-order valence-electron chi connectivity index (χ1n) is 4.82. The van der Waals surface area contributed by atoms with E-state index in [2.05, 4.69) is 9.97 Å². The number of aromatic carboxylic acids is 1. The maximum atomic E-state index is 10.9. The van der Waals surface area contributed by atoms with E-state index in [1.165, 1.54) is 0 Å². The minimum atomic E-state index is -1.14. The van der Waals surface area contributed by atoms with E-state index in [9.17, 15) is 4.79 Å². The van der Waals surface area contributed by atoms with Crippen LogP contribution >= 0.6 is 11.6 Å². The summed E-state index contributed by atoms with van der Waals surface area (Å²) in [5.41, 5.74) is 1.19. The molecule has 0 unspecified atom stereocenters. The first-order chi connectivity index (χ1) is 7.63. The Balaban J connectivity index is 2.84. The van der Waals surface area contributed by atoms with Crippen molar-refractivity contribution in [3.63, 3.8) is 0 Å². The molecule has 0 amide bonds. The van der Waals surface area contributed by atoms with Gasteiger partial charge in [-0.25, -0.2) is 14.8 Å². The van der Waals surface area contributed by atoms with Gasteiger partial charge in [-0.3, -0.25) is 0 Å². The van der Waals surface area contributed by atoms with E-state index < -0.39 is 5.97 Å². The number of carboxylic acids is 1. The minimum absolute atomic E-state index is 0.211. The number of hydrogen-bond donors (Lipinski definition) is 1. The lowest BCUT2D eigenvalue weighted by Crippen LogP contribution is -2.07. The first kappa shape index (κ1) is 10.8. The number of nitrogens with zero attached hydrogens (tertiary/aromatic N) is 2. The lowest BCUT2D eigenvalue weighted by Gasteiger charge is -2.05. The quantitative estimate of drug-likeness (QED) is 0.870. The number of aromatic nitrogens is 2. The van der Waals surface area contributed by atoms with Crippen LogP contribution < -0.4 is 0 Å². The van der Waals surface area contributed by atoms with Crippen LogP contribution in [0, 0.1) is 0 Å². The van der Waals surface area contributed by atoms with Crippen molar-refractivity contribution in [1.29, 1.82) is 0 Å². The summed E-state index contributed by atoms with van der Waals surface area (Å²) in [6.07, 6.45) is 0.639. The lowest BCUT2D eigenvalue weighted by atomic mass is 10.1. The average molecular weight is 237 g/mol. The van der Waals surface area contributed by atoms with E-state index in [1.807, 2.05) is 13.0 Å². The van der Waals surface area contributed by atoms with Gasteiger partial charge in [0.2, 0.25) is 5.82 Å². The van der Waals surface area contributed by atoms with Crippen LogP contribution in [0.4, 0.5) is 0 Å². The normalized spacial score (nSPS) is 10.6. The summed E-state index contributed by atoms with van der Waals surface area (Å²) in [6.45, 7) is 1.91. The Morgan fingerprint density at radius 1 is 1.44 bits per heavy atom. The number of carbonyl (C=O) groups is 1. The molecule has 2 aromatic rings. The monoisotopic (exact) mass is 236 g/mol. The van der Waals surface area contributed by atoms with E-state index in [0.717, 1.165) is 5.39 Å². The van der Waals surface area contributed by atoms with Crippen molar-refractivity contribution in [3.8, 4) is 0 Å². The van der Waals surface area contributed by atoms with Crippen molar-refractivity contribution >= 4 is 28.5 Å². The molecule has 1 aromatic carbocycles. The number of para-hydroxylation sites is 1. The Morgan fingerprint density at radius 2 is 2.19 bits per heavy atom. The lowest BCUT2D eigenvalue weighted by molar-refractivity contribution is 0.0683. The fourth-order valence-corrected chi connectivity index (χ4v) is 1.76. The summed E-state index contributed by atoms with van der Waals surface area (Å²) in [5.74, 6) is -1.35. The molecule has 0 aliphatic carbocycles. The number of halogens is 1. The molecule has 0 fully saturated rings. The molecule has 5 heteroatoms. The number of aryl methyl sites for hydroxylation is 1. The summed E-state index contributed by atoms with van der Waals surface area (Å²) in [7, 11) is 0. The van der Waals surface area contributed by atoms with E-state index in [-0.39, 0.29) is 5.82 Å². The molecule has 0 spiro atoms. The van der Waals surface area contributed by atoms with Gasteiger partial charge in [0.1, 0.15) is 0 Å². The molecule has 0 aliphatic heterocycles. The molecule has 16 heavy (non-hydrogen) atoms. The summed E-state index contributed by atoms with van der Waals surface area (Å²) < 4.78 is 0. The molecule has 1 heterocycles. The molecule has 1 N–H and O–H groups in total. The maximum absolute atomic E-state index is 10.9. The van der Waals surface area contributed by atoms with Gasteiger partial charge in [-0.05, 0) is 12.5 Å². The van der Waals surface area contributed by atoms with Crippen LogP contribution in [0.5, 0.6) is 0 Å².